The third-order valence-electron chi connectivity index (χ3n) is 6.87. The van der Waals surface area contributed by atoms with Gasteiger partial charge in [0, 0.05) is 26.1 Å². The van der Waals surface area contributed by atoms with Crippen molar-refractivity contribution in [1.82, 2.24) is 0 Å². The van der Waals surface area contributed by atoms with Crippen LogP contribution in [0.25, 0.3) is 64.3 Å². The molecule has 164 valence electrons. The lowest BCUT2D eigenvalue weighted by atomic mass is 9.95. The number of hydrogen-bond donors (Lipinski definition) is 0. The van der Waals surface area contributed by atoms with Crippen LogP contribution in [0.3, 0.4) is 0 Å². The third-order valence-corrected chi connectivity index (χ3v) is 8.17. The van der Waals surface area contributed by atoms with Gasteiger partial charge >= 0.3 is 0 Å². The molecule has 1 heterocycles. The minimum atomic E-state index is 1.25. The van der Waals surface area contributed by atoms with Crippen LogP contribution < -0.4 is 0 Å². The van der Waals surface area contributed by atoms with E-state index in [2.05, 4.69) is 133 Å². The van der Waals surface area contributed by atoms with Gasteiger partial charge in [0.2, 0.25) is 0 Å². The smallest absolute Gasteiger partial charge is 0.0434 e. The minimum Gasteiger partial charge on any atom is -0.134 e. The first kappa shape index (κ1) is 20.2. The van der Waals surface area contributed by atoms with Crippen LogP contribution in [0.1, 0.15) is 0 Å². The molecule has 1 aromatic heterocycles. The van der Waals surface area contributed by atoms with Crippen LogP contribution in [0.5, 0.6) is 0 Å². The molecule has 0 fully saturated rings. The molecular formula is C34H22S. The Morgan fingerprint density at radius 3 is 1.83 bits per heavy atom. The normalized spacial score (nSPS) is 11.4. The molecule has 0 saturated carbocycles. The van der Waals surface area contributed by atoms with Gasteiger partial charge in [-0.3, -0.25) is 0 Å². The maximum Gasteiger partial charge on any atom is 0.0434 e. The van der Waals surface area contributed by atoms with E-state index in [4.69, 9.17) is 0 Å². The molecule has 0 N–H and O–H groups in total. The highest BCUT2D eigenvalue weighted by Gasteiger charge is 2.17. The van der Waals surface area contributed by atoms with Crippen molar-refractivity contribution in [3.05, 3.63) is 133 Å². The zero-order valence-corrected chi connectivity index (χ0v) is 19.9. The Balaban J connectivity index is 1.50. The second-order valence-electron chi connectivity index (χ2n) is 8.94. The molecule has 1 heteroatoms. The fourth-order valence-electron chi connectivity index (χ4n) is 5.22. The van der Waals surface area contributed by atoms with Gasteiger partial charge in [-0.2, -0.15) is 0 Å². The van der Waals surface area contributed by atoms with Crippen LogP contribution in [0, 0.1) is 0 Å². The monoisotopic (exact) mass is 462 g/mol. The topological polar surface area (TPSA) is 0 Å². The van der Waals surface area contributed by atoms with Crippen molar-refractivity contribution in [3.8, 4) is 32.0 Å². The van der Waals surface area contributed by atoms with Crippen molar-refractivity contribution >= 4 is 43.7 Å². The SMILES string of the molecule is c1ccc(-c2cccc(-c3sc(-c4cccc5ccc6ccccc6c45)c4ccccc34)c2)cc1. The first-order chi connectivity index (χ1) is 17.4. The first-order valence-electron chi connectivity index (χ1n) is 11.9. The summed E-state index contributed by atoms with van der Waals surface area (Å²) in [5.41, 5.74) is 5.07. The van der Waals surface area contributed by atoms with Gasteiger partial charge < -0.3 is 0 Å². The molecule has 0 saturated heterocycles. The maximum absolute atomic E-state index is 2.33. The Kier molecular flexibility index (Phi) is 4.75. The van der Waals surface area contributed by atoms with Crippen molar-refractivity contribution in [3.63, 3.8) is 0 Å². The van der Waals surface area contributed by atoms with E-state index in [1.54, 1.807) is 0 Å². The van der Waals surface area contributed by atoms with Gasteiger partial charge in [-0.1, -0.05) is 127 Å². The molecule has 0 radical (unpaired) electrons. The second kappa shape index (κ2) is 8.23. The van der Waals surface area contributed by atoms with Crippen molar-refractivity contribution in [2.24, 2.45) is 0 Å². The van der Waals surface area contributed by atoms with Crippen LogP contribution in [0.2, 0.25) is 0 Å². The highest BCUT2D eigenvalue weighted by atomic mass is 32.1. The molecule has 0 aliphatic carbocycles. The predicted octanol–water partition coefficient (Wildman–Crippen LogP) is 10.2. The maximum atomic E-state index is 2.33. The van der Waals surface area contributed by atoms with Crippen LogP contribution in [-0.4, -0.2) is 0 Å². The number of rotatable bonds is 3. The molecule has 0 nitrogen and oxygen atoms in total. The zero-order chi connectivity index (χ0) is 23.2. The first-order valence-corrected chi connectivity index (χ1v) is 12.8. The lowest BCUT2D eigenvalue weighted by Crippen LogP contribution is -1.82. The van der Waals surface area contributed by atoms with Crippen molar-refractivity contribution in [1.29, 1.82) is 0 Å². The molecule has 35 heavy (non-hydrogen) atoms. The largest absolute Gasteiger partial charge is 0.134 e. The van der Waals surface area contributed by atoms with Gasteiger partial charge in [-0.05, 0) is 44.3 Å². The fourth-order valence-corrected chi connectivity index (χ4v) is 6.53. The zero-order valence-electron chi connectivity index (χ0n) is 19.1. The Labute approximate surface area is 208 Å². The highest BCUT2D eigenvalue weighted by Crippen LogP contribution is 2.47. The molecule has 7 aromatic rings. The Hall–Kier alpha value is -4.20. The Morgan fingerprint density at radius 1 is 0.371 bits per heavy atom. The van der Waals surface area contributed by atoms with Crippen LogP contribution in [0.15, 0.2) is 133 Å². The molecule has 0 bridgehead atoms. The summed E-state index contributed by atoms with van der Waals surface area (Å²) in [5.74, 6) is 0. The van der Waals surface area contributed by atoms with Gasteiger partial charge in [0.05, 0.1) is 0 Å². The quantitative estimate of drug-likeness (QED) is 0.229. The molecule has 0 amide bonds. The summed E-state index contributed by atoms with van der Waals surface area (Å²) in [6, 6.07) is 48.3. The molecule has 0 atom stereocenters. The van der Waals surface area contributed by atoms with E-state index < -0.39 is 0 Å². The van der Waals surface area contributed by atoms with Gasteiger partial charge in [0.15, 0.2) is 0 Å². The van der Waals surface area contributed by atoms with E-state index >= 15 is 0 Å². The van der Waals surface area contributed by atoms with Crippen molar-refractivity contribution < 1.29 is 0 Å². The minimum absolute atomic E-state index is 1.25. The Morgan fingerprint density at radius 2 is 0.971 bits per heavy atom. The van der Waals surface area contributed by atoms with Crippen molar-refractivity contribution in [2.75, 3.05) is 0 Å². The van der Waals surface area contributed by atoms with Gasteiger partial charge in [0.25, 0.3) is 0 Å². The molecular weight excluding hydrogens is 440 g/mol. The number of thiophene rings is 1. The molecule has 0 aliphatic rings. The molecule has 0 spiro atoms. The number of fused-ring (bicyclic) bond motifs is 4. The molecule has 0 aliphatic heterocycles. The predicted molar refractivity (Wildman–Crippen MR) is 153 cm³/mol. The third kappa shape index (κ3) is 3.36. The van der Waals surface area contributed by atoms with E-state index in [1.165, 1.54) is 64.3 Å². The number of benzene rings is 6. The van der Waals surface area contributed by atoms with Gasteiger partial charge in [-0.25, -0.2) is 0 Å². The standard InChI is InChI=1S/C34H22S/c1-2-10-23(11-3-1)26-14-8-15-27(22-26)33-29-17-6-7-18-30(29)34(35-33)31-19-9-13-25-21-20-24-12-4-5-16-28(24)32(25)31/h1-22H. The molecule has 0 unspecified atom stereocenters. The lowest BCUT2D eigenvalue weighted by Gasteiger charge is -2.09. The summed E-state index contributed by atoms with van der Waals surface area (Å²) in [6.45, 7) is 0. The summed E-state index contributed by atoms with van der Waals surface area (Å²) in [7, 11) is 0. The average Bonchev–Trinajstić information content (AvgIpc) is 3.33. The van der Waals surface area contributed by atoms with E-state index in [9.17, 15) is 0 Å². The van der Waals surface area contributed by atoms with Crippen LogP contribution in [-0.2, 0) is 0 Å². The summed E-state index contributed by atoms with van der Waals surface area (Å²) in [6.07, 6.45) is 0. The van der Waals surface area contributed by atoms with Crippen LogP contribution in [0.4, 0.5) is 0 Å². The Bertz CT molecular complexity index is 1840. The molecule has 7 rings (SSSR count). The van der Waals surface area contributed by atoms with E-state index in [0.717, 1.165) is 0 Å². The van der Waals surface area contributed by atoms with Crippen LogP contribution >= 0.6 is 11.3 Å². The summed E-state index contributed by atoms with van der Waals surface area (Å²) in [4.78, 5) is 2.66. The van der Waals surface area contributed by atoms with Gasteiger partial charge in [-0.15, -0.1) is 11.3 Å². The lowest BCUT2D eigenvalue weighted by molar-refractivity contribution is 1.62. The van der Waals surface area contributed by atoms with Crippen molar-refractivity contribution in [2.45, 2.75) is 0 Å². The summed E-state index contributed by atoms with van der Waals surface area (Å²) < 4.78 is 0. The van der Waals surface area contributed by atoms with E-state index in [0.29, 0.717) is 0 Å². The molecule has 6 aromatic carbocycles. The highest BCUT2D eigenvalue weighted by molar-refractivity contribution is 7.21. The average molecular weight is 463 g/mol. The second-order valence-corrected chi connectivity index (χ2v) is 9.96. The van der Waals surface area contributed by atoms with E-state index in [-0.39, 0.29) is 0 Å². The number of hydrogen-bond acceptors (Lipinski definition) is 1. The fraction of sp³-hybridized carbons (Fsp3) is 0. The summed E-state index contributed by atoms with van der Waals surface area (Å²) >= 11 is 1.91. The summed E-state index contributed by atoms with van der Waals surface area (Å²) in [5, 5.41) is 7.84. The van der Waals surface area contributed by atoms with Gasteiger partial charge in [0.1, 0.15) is 0 Å². The van der Waals surface area contributed by atoms with E-state index in [1.807, 2.05) is 11.3 Å².